The highest BCUT2D eigenvalue weighted by Crippen LogP contribution is 2.25. The Morgan fingerprint density at radius 1 is 1.11 bits per heavy atom. The lowest BCUT2D eigenvalue weighted by atomic mass is 10.0. The van der Waals surface area contributed by atoms with Crippen LogP contribution in [0.15, 0.2) is 54.6 Å². The van der Waals surface area contributed by atoms with E-state index in [0.717, 1.165) is 24.1 Å². The molecule has 3 rings (SSSR count). The Bertz CT molecular complexity index is 715. The molecule has 27 heavy (non-hydrogen) atoms. The zero-order valence-electron chi connectivity index (χ0n) is 15.9. The third-order valence-corrected chi connectivity index (χ3v) is 5.55. The zero-order valence-corrected chi connectivity index (χ0v) is 16.6. The van der Waals surface area contributed by atoms with Gasteiger partial charge < -0.3 is 14.5 Å². The largest absolute Gasteiger partial charge is 0.445 e. The maximum Gasteiger partial charge on any atom is 0.410 e. The number of benzene rings is 2. The van der Waals surface area contributed by atoms with Gasteiger partial charge in [-0.1, -0.05) is 54.1 Å². The Morgan fingerprint density at radius 3 is 2.44 bits per heavy atom. The molecule has 0 unspecified atom stereocenters. The SMILES string of the molecule is CN(C(=O)OCc1ccccc1)[C@@H](CC[NH+]1CCCC1)c1ccc(Cl)cc1. The van der Waals surface area contributed by atoms with Crippen LogP contribution in [0.25, 0.3) is 0 Å². The molecule has 2 aromatic carbocycles. The fourth-order valence-corrected chi connectivity index (χ4v) is 3.81. The summed E-state index contributed by atoms with van der Waals surface area (Å²) < 4.78 is 5.54. The van der Waals surface area contributed by atoms with E-state index >= 15 is 0 Å². The van der Waals surface area contributed by atoms with Gasteiger partial charge in [-0.25, -0.2) is 4.79 Å². The number of carbonyl (C=O) groups excluding carboxylic acids is 1. The lowest BCUT2D eigenvalue weighted by molar-refractivity contribution is -0.887. The summed E-state index contributed by atoms with van der Waals surface area (Å²) in [5, 5.41) is 0.706. The summed E-state index contributed by atoms with van der Waals surface area (Å²) in [6.07, 6.45) is 3.22. The van der Waals surface area contributed by atoms with E-state index in [1.54, 1.807) is 9.80 Å². The number of amides is 1. The van der Waals surface area contributed by atoms with Crippen molar-refractivity contribution in [1.82, 2.24) is 4.90 Å². The van der Waals surface area contributed by atoms with Crippen molar-refractivity contribution in [2.24, 2.45) is 0 Å². The minimum absolute atomic E-state index is 0.0151. The number of quaternary nitrogens is 1. The molecule has 1 N–H and O–H groups in total. The molecule has 1 aliphatic heterocycles. The lowest BCUT2D eigenvalue weighted by Gasteiger charge is -2.29. The average molecular weight is 388 g/mol. The summed E-state index contributed by atoms with van der Waals surface area (Å²) >= 11 is 6.05. The average Bonchev–Trinajstić information content (AvgIpc) is 3.22. The van der Waals surface area contributed by atoms with Crippen molar-refractivity contribution in [3.05, 3.63) is 70.7 Å². The molecule has 1 fully saturated rings. The van der Waals surface area contributed by atoms with Gasteiger partial charge in [0.25, 0.3) is 0 Å². The number of halogens is 1. The number of carbonyl (C=O) groups is 1. The maximum atomic E-state index is 12.7. The molecule has 1 atom stereocenters. The fraction of sp³-hybridized carbons (Fsp3) is 0.409. The first-order chi connectivity index (χ1) is 13.1. The molecular weight excluding hydrogens is 360 g/mol. The second kappa shape index (κ2) is 9.77. The third-order valence-electron chi connectivity index (χ3n) is 5.30. The Kier molecular flexibility index (Phi) is 7.13. The molecule has 0 spiro atoms. The molecule has 0 bridgehead atoms. The van der Waals surface area contributed by atoms with Gasteiger partial charge in [0.05, 0.1) is 25.7 Å². The summed E-state index contributed by atoms with van der Waals surface area (Å²) in [7, 11) is 1.83. The number of hydrogen-bond donors (Lipinski definition) is 1. The first-order valence-corrected chi connectivity index (χ1v) is 10.0. The zero-order chi connectivity index (χ0) is 19.1. The monoisotopic (exact) mass is 387 g/mol. The molecule has 1 aliphatic rings. The van der Waals surface area contributed by atoms with E-state index in [1.807, 2.05) is 61.6 Å². The molecule has 1 heterocycles. The van der Waals surface area contributed by atoms with Crippen molar-refractivity contribution >= 4 is 17.7 Å². The molecular formula is C22H28ClN2O2+. The van der Waals surface area contributed by atoms with E-state index in [9.17, 15) is 4.79 Å². The van der Waals surface area contributed by atoms with E-state index in [1.165, 1.54) is 25.9 Å². The van der Waals surface area contributed by atoms with Crippen LogP contribution in [-0.2, 0) is 11.3 Å². The van der Waals surface area contributed by atoms with Gasteiger partial charge in [0.15, 0.2) is 0 Å². The van der Waals surface area contributed by atoms with Gasteiger partial charge in [0, 0.05) is 31.3 Å². The van der Waals surface area contributed by atoms with Crippen molar-refractivity contribution in [2.75, 3.05) is 26.7 Å². The minimum atomic E-state index is -0.296. The van der Waals surface area contributed by atoms with Gasteiger partial charge in [-0.15, -0.1) is 0 Å². The van der Waals surface area contributed by atoms with Crippen LogP contribution < -0.4 is 4.90 Å². The van der Waals surface area contributed by atoms with Crippen molar-refractivity contribution in [3.63, 3.8) is 0 Å². The van der Waals surface area contributed by atoms with E-state index < -0.39 is 0 Å². The first-order valence-electron chi connectivity index (χ1n) is 9.66. The van der Waals surface area contributed by atoms with Gasteiger partial charge >= 0.3 is 6.09 Å². The topological polar surface area (TPSA) is 34.0 Å². The molecule has 4 nitrogen and oxygen atoms in total. The van der Waals surface area contributed by atoms with Gasteiger partial charge in [-0.2, -0.15) is 0 Å². The van der Waals surface area contributed by atoms with E-state index in [4.69, 9.17) is 16.3 Å². The molecule has 0 aliphatic carbocycles. The molecule has 0 radical (unpaired) electrons. The Hall–Kier alpha value is -2.04. The number of hydrogen-bond acceptors (Lipinski definition) is 2. The smallest absolute Gasteiger partial charge is 0.410 e. The van der Waals surface area contributed by atoms with Crippen LogP contribution in [0.4, 0.5) is 4.79 Å². The van der Waals surface area contributed by atoms with Crippen LogP contribution >= 0.6 is 11.6 Å². The fourth-order valence-electron chi connectivity index (χ4n) is 3.68. The third kappa shape index (κ3) is 5.72. The molecule has 0 aromatic heterocycles. The van der Waals surface area contributed by atoms with Gasteiger partial charge in [-0.05, 0) is 23.3 Å². The van der Waals surface area contributed by atoms with Crippen molar-refractivity contribution in [1.29, 1.82) is 0 Å². The molecule has 144 valence electrons. The van der Waals surface area contributed by atoms with Gasteiger partial charge in [0.2, 0.25) is 0 Å². The minimum Gasteiger partial charge on any atom is -0.445 e. The number of rotatable bonds is 7. The van der Waals surface area contributed by atoms with Crippen LogP contribution in [0.1, 0.15) is 36.4 Å². The highest BCUT2D eigenvalue weighted by Gasteiger charge is 2.25. The van der Waals surface area contributed by atoms with Crippen LogP contribution in [0.5, 0.6) is 0 Å². The molecule has 1 saturated heterocycles. The molecule has 1 amide bonds. The highest BCUT2D eigenvalue weighted by molar-refractivity contribution is 6.30. The standard InChI is InChI=1S/C22H27ClN2O2/c1-24(22(26)27-17-18-7-3-2-4-8-18)21(13-16-25-14-5-6-15-25)19-9-11-20(23)12-10-19/h2-4,7-12,21H,5-6,13-17H2,1H3/p+1/t21-/m0/s1. The van der Waals surface area contributed by atoms with Crippen molar-refractivity contribution in [2.45, 2.75) is 31.9 Å². The number of nitrogens with zero attached hydrogens (tertiary/aromatic N) is 1. The van der Waals surface area contributed by atoms with E-state index in [0.29, 0.717) is 5.02 Å². The second-order valence-electron chi connectivity index (χ2n) is 7.21. The number of likely N-dealkylation sites (tertiary alicyclic amines) is 1. The summed E-state index contributed by atoms with van der Waals surface area (Å²) in [5.74, 6) is 0. The van der Waals surface area contributed by atoms with Crippen LogP contribution in [0.3, 0.4) is 0 Å². The van der Waals surface area contributed by atoms with E-state index in [2.05, 4.69) is 0 Å². The van der Waals surface area contributed by atoms with Crippen LogP contribution in [-0.4, -0.2) is 37.7 Å². The predicted molar refractivity (Wildman–Crippen MR) is 108 cm³/mol. The quantitative estimate of drug-likeness (QED) is 0.785. The maximum absolute atomic E-state index is 12.7. The summed E-state index contributed by atoms with van der Waals surface area (Å²) in [6.45, 7) is 3.81. The van der Waals surface area contributed by atoms with Crippen molar-refractivity contribution < 1.29 is 14.4 Å². The first kappa shape index (κ1) is 19.7. The van der Waals surface area contributed by atoms with Crippen LogP contribution in [0.2, 0.25) is 5.02 Å². The molecule has 0 saturated carbocycles. The van der Waals surface area contributed by atoms with Gasteiger partial charge in [0.1, 0.15) is 6.61 Å². The van der Waals surface area contributed by atoms with Gasteiger partial charge in [-0.3, -0.25) is 0 Å². The number of nitrogens with one attached hydrogen (secondary N) is 1. The number of ether oxygens (including phenoxy) is 1. The normalized spacial score (nSPS) is 15.5. The summed E-state index contributed by atoms with van der Waals surface area (Å²) in [6, 6.07) is 17.5. The van der Waals surface area contributed by atoms with Crippen molar-refractivity contribution in [3.8, 4) is 0 Å². The van der Waals surface area contributed by atoms with E-state index in [-0.39, 0.29) is 18.7 Å². The lowest BCUT2D eigenvalue weighted by Crippen LogP contribution is -3.10. The Labute approximate surface area is 166 Å². The Morgan fingerprint density at radius 2 is 1.78 bits per heavy atom. The molecule has 2 aromatic rings. The predicted octanol–water partition coefficient (Wildman–Crippen LogP) is 3.72. The Balaban J connectivity index is 1.65. The summed E-state index contributed by atoms with van der Waals surface area (Å²) in [4.78, 5) is 16.0. The van der Waals surface area contributed by atoms with Crippen LogP contribution in [0, 0.1) is 0 Å². The highest BCUT2D eigenvalue weighted by atomic mass is 35.5. The molecule has 5 heteroatoms. The second-order valence-corrected chi connectivity index (χ2v) is 7.65. The summed E-state index contributed by atoms with van der Waals surface area (Å²) in [5.41, 5.74) is 2.08.